The summed E-state index contributed by atoms with van der Waals surface area (Å²) in [4.78, 5) is 0. The molecular formula is C14H21N3O. The smallest absolute Gasteiger partial charge is 0.233 e. The Morgan fingerprint density at radius 1 is 1.28 bits per heavy atom. The third-order valence-electron chi connectivity index (χ3n) is 5.64. The lowest BCUT2D eigenvalue weighted by Gasteiger charge is -2.38. The summed E-state index contributed by atoms with van der Waals surface area (Å²) in [5, 5.41) is 7.85. The molecule has 98 valence electrons. The first-order valence-corrected chi connectivity index (χ1v) is 6.69. The molecule has 2 aliphatic rings. The van der Waals surface area contributed by atoms with Crippen molar-refractivity contribution in [2.24, 2.45) is 16.7 Å². The zero-order valence-corrected chi connectivity index (χ0v) is 11.3. The van der Waals surface area contributed by atoms with Crippen molar-refractivity contribution < 1.29 is 4.74 Å². The second-order valence-corrected chi connectivity index (χ2v) is 6.51. The largest absolute Gasteiger partial charge is 0.473 e. The van der Waals surface area contributed by atoms with Crippen LogP contribution in [0, 0.1) is 16.7 Å². The summed E-state index contributed by atoms with van der Waals surface area (Å²) < 4.78 is 6.07. The molecule has 0 radical (unpaired) electrons. The Balaban J connectivity index is 1.81. The van der Waals surface area contributed by atoms with Gasteiger partial charge in [0.2, 0.25) is 5.88 Å². The summed E-state index contributed by atoms with van der Waals surface area (Å²) in [6.45, 7) is 7.11. The van der Waals surface area contributed by atoms with Crippen LogP contribution in [-0.2, 0) is 0 Å². The normalized spacial score (nSPS) is 36.8. The fraction of sp³-hybridized carbons (Fsp3) is 0.714. The van der Waals surface area contributed by atoms with Crippen molar-refractivity contribution in [1.82, 2.24) is 10.2 Å². The topological polar surface area (TPSA) is 61.0 Å². The van der Waals surface area contributed by atoms with E-state index in [4.69, 9.17) is 10.5 Å². The second kappa shape index (κ2) is 3.59. The first-order valence-electron chi connectivity index (χ1n) is 6.69. The van der Waals surface area contributed by atoms with Crippen LogP contribution in [0.3, 0.4) is 0 Å². The van der Waals surface area contributed by atoms with E-state index in [1.807, 2.05) is 6.07 Å². The molecule has 0 saturated heterocycles. The number of nitrogens with zero attached hydrogens (tertiary/aromatic N) is 2. The van der Waals surface area contributed by atoms with Crippen LogP contribution in [0.15, 0.2) is 12.1 Å². The highest BCUT2D eigenvalue weighted by molar-refractivity contribution is 5.27. The van der Waals surface area contributed by atoms with Gasteiger partial charge in [0.05, 0.1) is 0 Å². The molecular weight excluding hydrogens is 226 g/mol. The molecule has 3 atom stereocenters. The van der Waals surface area contributed by atoms with Crippen LogP contribution in [-0.4, -0.2) is 16.3 Å². The van der Waals surface area contributed by atoms with Gasteiger partial charge in [0.25, 0.3) is 0 Å². The molecule has 2 N–H and O–H groups in total. The number of hydrogen-bond donors (Lipinski definition) is 1. The Kier molecular flexibility index (Phi) is 2.34. The third kappa shape index (κ3) is 1.44. The van der Waals surface area contributed by atoms with E-state index in [-0.39, 0.29) is 11.5 Å². The minimum Gasteiger partial charge on any atom is -0.473 e. The van der Waals surface area contributed by atoms with Crippen LogP contribution in [0.2, 0.25) is 0 Å². The standard InChI is InChI=1S/C14H21N3O/c1-13(2)9-6-7-14(13,3)10(8-9)18-12-5-4-11(15)16-17-12/h4-5,9-10H,6-8H2,1-3H3,(H2,15,16). The minimum absolute atomic E-state index is 0.251. The number of ether oxygens (including phenoxy) is 1. The number of fused-ring (bicyclic) bond motifs is 2. The molecule has 3 rings (SSSR count). The van der Waals surface area contributed by atoms with Gasteiger partial charge >= 0.3 is 0 Å². The lowest BCUT2D eigenvalue weighted by Crippen LogP contribution is -2.39. The molecule has 2 bridgehead atoms. The summed E-state index contributed by atoms with van der Waals surface area (Å²) in [6.07, 6.45) is 3.97. The zero-order valence-electron chi connectivity index (χ0n) is 11.3. The summed E-state index contributed by atoms with van der Waals surface area (Å²) in [5.74, 6) is 1.80. The number of aromatic nitrogens is 2. The van der Waals surface area contributed by atoms with Gasteiger partial charge < -0.3 is 10.5 Å². The SMILES string of the molecule is CC1(C)C2CCC1(C)C(Oc1ccc(N)nn1)C2. The maximum Gasteiger partial charge on any atom is 0.233 e. The first-order chi connectivity index (χ1) is 8.43. The van der Waals surface area contributed by atoms with Gasteiger partial charge in [-0.15, -0.1) is 10.2 Å². The van der Waals surface area contributed by atoms with E-state index in [0.717, 1.165) is 12.3 Å². The highest BCUT2D eigenvalue weighted by Gasteiger charge is 2.62. The van der Waals surface area contributed by atoms with E-state index in [2.05, 4.69) is 31.0 Å². The molecule has 0 aromatic carbocycles. The van der Waals surface area contributed by atoms with Gasteiger partial charge in [-0.3, -0.25) is 0 Å². The van der Waals surface area contributed by atoms with Crippen LogP contribution >= 0.6 is 0 Å². The van der Waals surface area contributed by atoms with Crippen LogP contribution in [0.25, 0.3) is 0 Å². The summed E-state index contributed by atoms with van der Waals surface area (Å²) in [5.41, 5.74) is 6.15. The van der Waals surface area contributed by atoms with Crippen molar-refractivity contribution in [2.45, 2.75) is 46.1 Å². The minimum atomic E-state index is 0.251. The molecule has 4 nitrogen and oxygen atoms in total. The molecule has 18 heavy (non-hydrogen) atoms. The first kappa shape index (κ1) is 11.8. The number of hydrogen-bond acceptors (Lipinski definition) is 4. The fourth-order valence-electron chi connectivity index (χ4n) is 3.85. The van der Waals surface area contributed by atoms with E-state index >= 15 is 0 Å². The van der Waals surface area contributed by atoms with Crippen molar-refractivity contribution >= 4 is 5.82 Å². The molecule has 1 aromatic heterocycles. The average molecular weight is 247 g/mol. The predicted molar refractivity (Wildman–Crippen MR) is 70.1 cm³/mol. The average Bonchev–Trinajstić information content (AvgIpc) is 2.65. The van der Waals surface area contributed by atoms with Gasteiger partial charge in [-0.25, -0.2) is 0 Å². The maximum atomic E-state index is 6.07. The van der Waals surface area contributed by atoms with Gasteiger partial charge in [-0.2, -0.15) is 0 Å². The molecule has 0 aliphatic heterocycles. The van der Waals surface area contributed by atoms with Crippen LogP contribution < -0.4 is 10.5 Å². The molecule has 1 aromatic rings. The van der Waals surface area contributed by atoms with Gasteiger partial charge in [-0.05, 0) is 36.7 Å². The molecule has 4 heteroatoms. The predicted octanol–water partition coefficient (Wildman–Crippen LogP) is 2.65. The maximum absolute atomic E-state index is 6.07. The van der Waals surface area contributed by atoms with Gasteiger partial charge in [0, 0.05) is 11.5 Å². The monoisotopic (exact) mass is 247 g/mol. The van der Waals surface area contributed by atoms with Crippen molar-refractivity contribution in [3.63, 3.8) is 0 Å². The quantitative estimate of drug-likeness (QED) is 0.872. The molecule has 2 aliphatic carbocycles. The number of nitrogen functional groups attached to an aromatic ring is 1. The van der Waals surface area contributed by atoms with Crippen LogP contribution in [0.4, 0.5) is 5.82 Å². The number of nitrogens with two attached hydrogens (primary N) is 1. The van der Waals surface area contributed by atoms with E-state index in [9.17, 15) is 0 Å². The van der Waals surface area contributed by atoms with Crippen molar-refractivity contribution in [2.75, 3.05) is 5.73 Å². The molecule has 0 spiro atoms. The van der Waals surface area contributed by atoms with Crippen LogP contribution in [0.5, 0.6) is 5.88 Å². The van der Waals surface area contributed by atoms with E-state index in [1.165, 1.54) is 12.8 Å². The van der Waals surface area contributed by atoms with Gasteiger partial charge in [0.1, 0.15) is 11.9 Å². The Morgan fingerprint density at radius 2 is 2.06 bits per heavy atom. The third-order valence-corrected chi connectivity index (χ3v) is 5.64. The molecule has 1 heterocycles. The zero-order chi connectivity index (χ0) is 13.0. The second-order valence-electron chi connectivity index (χ2n) is 6.51. The van der Waals surface area contributed by atoms with E-state index in [0.29, 0.717) is 17.1 Å². The van der Waals surface area contributed by atoms with Crippen molar-refractivity contribution in [1.29, 1.82) is 0 Å². The Hall–Kier alpha value is -1.32. The number of rotatable bonds is 2. The highest BCUT2D eigenvalue weighted by Crippen LogP contribution is 2.66. The fourth-order valence-corrected chi connectivity index (χ4v) is 3.85. The molecule has 2 fully saturated rings. The lowest BCUT2D eigenvalue weighted by molar-refractivity contribution is 0.0267. The Labute approximate surface area is 108 Å². The summed E-state index contributed by atoms with van der Waals surface area (Å²) in [6, 6.07) is 3.55. The summed E-state index contributed by atoms with van der Waals surface area (Å²) >= 11 is 0. The summed E-state index contributed by atoms with van der Waals surface area (Å²) in [7, 11) is 0. The molecule has 2 saturated carbocycles. The Morgan fingerprint density at radius 3 is 2.56 bits per heavy atom. The Bertz CT molecular complexity index is 457. The van der Waals surface area contributed by atoms with Gasteiger partial charge in [0.15, 0.2) is 0 Å². The van der Waals surface area contributed by atoms with E-state index in [1.54, 1.807) is 6.07 Å². The van der Waals surface area contributed by atoms with Gasteiger partial charge in [-0.1, -0.05) is 20.8 Å². The molecule has 3 unspecified atom stereocenters. The lowest BCUT2D eigenvalue weighted by atomic mass is 9.70. The van der Waals surface area contributed by atoms with Crippen molar-refractivity contribution in [3.05, 3.63) is 12.1 Å². The van der Waals surface area contributed by atoms with E-state index < -0.39 is 0 Å². The highest BCUT2D eigenvalue weighted by atomic mass is 16.5. The number of anilines is 1. The molecule has 0 amide bonds. The van der Waals surface area contributed by atoms with Crippen LogP contribution in [0.1, 0.15) is 40.0 Å². The van der Waals surface area contributed by atoms with Crippen molar-refractivity contribution in [3.8, 4) is 5.88 Å².